The maximum atomic E-state index is 6.22. The van der Waals surface area contributed by atoms with Gasteiger partial charge in [0.05, 0.1) is 5.69 Å². The van der Waals surface area contributed by atoms with Gasteiger partial charge in [0, 0.05) is 16.6 Å². The fourth-order valence-electron chi connectivity index (χ4n) is 2.70. The Hall–Kier alpha value is -1.03. The minimum Gasteiger partial charge on any atom is -0.383 e. The summed E-state index contributed by atoms with van der Waals surface area (Å²) in [5, 5.41) is 0. The van der Waals surface area contributed by atoms with E-state index in [-0.39, 0.29) is 0 Å². The molecule has 0 atom stereocenters. The van der Waals surface area contributed by atoms with Gasteiger partial charge in [0.15, 0.2) is 0 Å². The maximum Gasteiger partial charge on any atom is 0.139 e. The highest BCUT2D eigenvalue weighted by atomic mass is 79.9. The Bertz CT molecular complexity index is 568. The summed E-state index contributed by atoms with van der Waals surface area (Å²) in [4.78, 5) is 4.71. The number of nitrogens with two attached hydrogens (primary N) is 1. The number of aromatic nitrogens is 2. The van der Waals surface area contributed by atoms with Gasteiger partial charge in [-0.05, 0) is 47.3 Å². The second-order valence-electron chi connectivity index (χ2n) is 4.90. The molecule has 0 radical (unpaired) electrons. The molecule has 4 heteroatoms. The van der Waals surface area contributed by atoms with Crippen LogP contribution in [-0.4, -0.2) is 9.38 Å². The predicted octanol–water partition coefficient (Wildman–Crippen LogP) is 3.65. The molecule has 0 aliphatic heterocycles. The van der Waals surface area contributed by atoms with Crippen LogP contribution in [0.2, 0.25) is 0 Å². The number of rotatable bonds is 1. The lowest BCUT2D eigenvalue weighted by Gasteiger charge is -2.06. The van der Waals surface area contributed by atoms with E-state index >= 15 is 0 Å². The third-order valence-corrected chi connectivity index (χ3v) is 4.54. The average Bonchev–Trinajstić information content (AvgIpc) is 2.90. The molecule has 0 aromatic carbocycles. The van der Waals surface area contributed by atoms with Gasteiger partial charge < -0.3 is 5.73 Å². The monoisotopic (exact) mass is 293 g/mol. The molecule has 1 aliphatic rings. The molecule has 3 nitrogen and oxygen atoms in total. The van der Waals surface area contributed by atoms with E-state index in [0.29, 0.717) is 5.92 Å². The first-order valence-electron chi connectivity index (χ1n) is 6.10. The third kappa shape index (κ3) is 1.75. The van der Waals surface area contributed by atoms with Crippen molar-refractivity contribution in [2.75, 3.05) is 5.73 Å². The van der Waals surface area contributed by atoms with Crippen molar-refractivity contribution in [3.05, 3.63) is 28.0 Å². The zero-order valence-corrected chi connectivity index (χ0v) is 11.5. The number of fused-ring (bicyclic) bond motifs is 1. The molecule has 0 saturated heterocycles. The van der Waals surface area contributed by atoms with Gasteiger partial charge in [0.2, 0.25) is 0 Å². The second kappa shape index (κ2) is 4.02. The van der Waals surface area contributed by atoms with E-state index in [2.05, 4.69) is 28.9 Å². The third-order valence-electron chi connectivity index (χ3n) is 3.71. The topological polar surface area (TPSA) is 43.3 Å². The molecule has 3 rings (SSSR count). The van der Waals surface area contributed by atoms with Crippen LogP contribution >= 0.6 is 15.9 Å². The van der Waals surface area contributed by atoms with Crippen LogP contribution in [0.15, 0.2) is 16.7 Å². The largest absolute Gasteiger partial charge is 0.383 e. The van der Waals surface area contributed by atoms with Gasteiger partial charge in [-0.15, -0.1) is 0 Å². The van der Waals surface area contributed by atoms with Crippen molar-refractivity contribution in [2.45, 2.75) is 38.5 Å². The van der Waals surface area contributed by atoms with Crippen molar-refractivity contribution in [3.8, 4) is 0 Å². The van der Waals surface area contributed by atoms with Crippen LogP contribution in [0.4, 0.5) is 5.82 Å². The molecule has 1 saturated carbocycles. The second-order valence-corrected chi connectivity index (χ2v) is 5.75. The number of pyridine rings is 1. The molecule has 2 heterocycles. The van der Waals surface area contributed by atoms with Crippen molar-refractivity contribution in [1.82, 2.24) is 9.38 Å². The molecule has 2 N–H and O–H groups in total. The molecule has 2 aromatic rings. The number of nitrogen functional groups attached to an aromatic ring is 1. The van der Waals surface area contributed by atoms with E-state index in [1.807, 2.05) is 10.6 Å². The maximum absolute atomic E-state index is 6.22. The van der Waals surface area contributed by atoms with Gasteiger partial charge in [-0.3, -0.25) is 4.40 Å². The molecule has 0 amide bonds. The van der Waals surface area contributed by atoms with E-state index in [1.54, 1.807) is 0 Å². The molecule has 1 aliphatic carbocycles. The first-order valence-corrected chi connectivity index (χ1v) is 6.89. The van der Waals surface area contributed by atoms with Gasteiger partial charge in [0.25, 0.3) is 0 Å². The summed E-state index contributed by atoms with van der Waals surface area (Å²) < 4.78 is 3.07. The predicted molar refractivity (Wildman–Crippen MR) is 73.3 cm³/mol. The highest BCUT2D eigenvalue weighted by molar-refractivity contribution is 9.10. The van der Waals surface area contributed by atoms with Gasteiger partial charge in [0.1, 0.15) is 11.5 Å². The summed E-state index contributed by atoms with van der Waals surface area (Å²) in [5.41, 5.74) is 9.47. The Morgan fingerprint density at radius 1 is 1.41 bits per heavy atom. The van der Waals surface area contributed by atoms with E-state index < -0.39 is 0 Å². The first kappa shape index (κ1) is 11.1. The highest BCUT2D eigenvalue weighted by Crippen LogP contribution is 2.37. The van der Waals surface area contributed by atoms with Crippen molar-refractivity contribution >= 4 is 27.4 Å². The summed E-state index contributed by atoms with van der Waals surface area (Å²) in [6.07, 6.45) is 7.09. The highest BCUT2D eigenvalue weighted by Gasteiger charge is 2.23. The number of nitrogens with zero attached hydrogens (tertiary/aromatic N) is 2. The normalized spacial score (nSPS) is 17.1. The summed E-state index contributed by atoms with van der Waals surface area (Å²) in [6, 6.07) is 2.08. The number of halogens is 1. The van der Waals surface area contributed by atoms with Gasteiger partial charge in [-0.1, -0.05) is 12.8 Å². The lowest BCUT2D eigenvalue weighted by Crippen LogP contribution is -2.00. The molecule has 0 spiro atoms. The Kier molecular flexibility index (Phi) is 2.62. The average molecular weight is 294 g/mol. The Morgan fingerprint density at radius 3 is 2.82 bits per heavy atom. The Morgan fingerprint density at radius 2 is 2.12 bits per heavy atom. The first-order chi connectivity index (χ1) is 8.16. The Labute approximate surface area is 109 Å². The van der Waals surface area contributed by atoms with Crippen LogP contribution in [-0.2, 0) is 0 Å². The smallest absolute Gasteiger partial charge is 0.139 e. The van der Waals surface area contributed by atoms with Gasteiger partial charge >= 0.3 is 0 Å². The van der Waals surface area contributed by atoms with Gasteiger partial charge in [-0.2, -0.15) is 0 Å². The molecule has 17 heavy (non-hydrogen) atoms. The lowest BCUT2D eigenvalue weighted by molar-refractivity contribution is 0.706. The fraction of sp³-hybridized carbons (Fsp3) is 0.462. The summed E-state index contributed by atoms with van der Waals surface area (Å²) >= 11 is 3.54. The van der Waals surface area contributed by atoms with Crippen LogP contribution < -0.4 is 5.73 Å². The van der Waals surface area contributed by atoms with E-state index in [4.69, 9.17) is 10.7 Å². The number of hydrogen-bond donors (Lipinski definition) is 1. The number of hydrogen-bond acceptors (Lipinski definition) is 2. The summed E-state index contributed by atoms with van der Waals surface area (Å²) in [6.45, 7) is 2.07. The van der Waals surface area contributed by atoms with E-state index in [9.17, 15) is 0 Å². The Balaban J connectivity index is 2.17. The van der Waals surface area contributed by atoms with Crippen molar-refractivity contribution in [1.29, 1.82) is 0 Å². The number of anilines is 1. The zero-order valence-electron chi connectivity index (χ0n) is 9.91. The van der Waals surface area contributed by atoms with Crippen LogP contribution in [0.1, 0.15) is 42.9 Å². The molecule has 90 valence electrons. The number of aryl methyl sites for hydroxylation is 1. The molecular formula is C13H16BrN3. The van der Waals surface area contributed by atoms with Crippen LogP contribution in [0.3, 0.4) is 0 Å². The lowest BCUT2D eigenvalue weighted by atomic mass is 10.0. The number of imidazole rings is 1. The standard InChI is InChI=1S/C13H16BrN3/c1-8-6-11-16-12(9-4-2-3-5-9)13(15)17(11)7-10(8)14/h6-7,9H,2-5,15H2,1H3. The SMILES string of the molecule is Cc1cc2nc(C3CCCC3)c(N)n2cc1Br. The summed E-state index contributed by atoms with van der Waals surface area (Å²) in [5.74, 6) is 1.38. The van der Waals surface area contributed by atoms with Crippen molar-refractivity contribution < 1.29 is 0 Å². The molecule has 0 bridgehead atoms. The minimum absolute atomic E-state index is 0.564. The fourth-order valence-corrected chi connectivity index (χ4v) is 3.02. The van der Waals surface area contributed by atoms with Crippen LogP contribution in [0.25, 0.3) is 5.65 Å². The van der Waals surface area contributed by atoms with Crippen molar-refractivity contribution in [3.63, 3.8) is 0 Å². The van der Waals surface area contributed by atoms with E-state index in [1.165, 1.54) is 31.2 Å². The van der Waals surface area contributed by atoms with Gasteiger partial charge in [-0.25, -0.2) is 4.98 Å². The quantitative estimate of drug-likeness (QED) is 0.872. The van der Waals surface area contributed by atoms with Crippen molar-refractivity contribution in [2.24, 2.45) is 0 Å². The molecule has 2 aromatic heterocycles. The van der Waals surface area contributed by atoms with Crippen LogP contribution in [0, 0.1) is 6.92 Å². The zero-order chi connectivity index (χ0) is 12.0. The minimum atomic E-state index is 0.564. The van der Waals surface area contributed by atoms with E-state index in [0.717, 1.165) is 21.6 Å². The van der Waals surface area contributed by atoms with Crippen LogP contribution in [0.5, 0.6) is 0 Å². The summed E-state index contributed by atoms with van der Waals surface area (Å²) in [7, 11) is 0. The molecule has 1 fully saturated rings. The molecule has 0 unspecified atom stereocenters. The molecular weight excluding hydrogens is 278 g/mol.